The number of hydrogen-bond donors (Lipinski definition) is 1. The molecule has 2 amide bonds. The van der Waals surface area contributed by atoms with Crippen LogP contribution >= 0.6 is 11.6 Å². The minimum atomic E-state index is -0.935. The van der Waals surface area contributed by atoms with Crippen molar-refractivity contribution in [2.75, 3.05) is 13.1 Å². The summed E-state index contributed by atoms with van der Waals surface area (Å²) in [5.74, 6) is -1.42. The van der Waals surface area contributed by atoms with E-state index < -0.39 is 23.8 Å². The van der Waals surface area contributed by atoms with Gasteiger partial charge in [-0.25, -0.2) is 0 Å². The smallest absolute Gasteiger partial charge is 0.307 e. The Balaban J connectivity index is 1.26. The molecule has 2 aromatic heterocycles. The number of halogens is 1. The first-order chi connectivity index (χ1) is 21.4. The van der Waals surface area contributed by atoms with Gasteiger partial charge < -0.3 is 19.6 Å². The van der Waals surface area contributed by atoms with E-state index in [0.29, 0.717) is 60.2 Å². The largest absolute Gasteiger partial charge is 0.485 e. The zero-order valence-electron chi connectivity index (χ0n) is 24.1. The molecule has 1 saturated carbocycles. The first-order valence-corrected chi connectivity index (χ1v) is 15.4. The fourth-order valence-electron chi connectivity index (χ4n) is 7.10. The number of nitrogens with zero attached hydrogens (tertiary/aromatic N) is 5. The lowest BCUT2D eigenvalue weighted by atomic mass is 9.77. The second-order valence-electron chi connectivity index (χ2n) is 11.7. The minimum Gasteiger partial charge on any atom is -0.485 e. The second-order valence-corrected chi connectivity index (χ2v) is 12.2. The topological polar surface area (TPSA) is 117 Å². The molecule has 1 fully saturated rings. The molecule has 0 radical (unpaired) electrons. The minimum absolute atomic E-state index is 0.0966. The summed E-state index contributed by atoms with van der Waals surface area (Å²) >= 11 is 6.77. The molecule has 7 rings (SSSR count). The van der Waals surface area contributed by atoms with E-state index in [4.69, 9.17) is 16.3 Å². The third-order valence-corrected chi connectivity index (χ3v) is 9.64. The first kappa shape index (κ1) is 28.3. The van der Waals surface area contributed by atoms with E-state index >= 15 is 0 Å². The van der Waals surface area contributed by atoms with Crippen molar-refractivity contribution in [1.29, 1.82) is 0 Å². The highest BCUT2D eigenvalue weighted by Gasteiger charge is 2.44. The van der Waals surface area contributed by atoms with Crippen molar-refractivity contribution in [3.8, 4) is 5.75 Å². The van der Waals surface area contributed by atoms with Crippen LogP contribution in [-0.4, -0.2) is 60.4 Å². The number of pyridine rings is 1. The van der Waals surface area contributed by atoms with E-state index in [1.165, 1.54) is 0 Å². The summed E-state index contributed by atoms with van der Waals surface area (Å²) in [6.07, 6.45) is 4.96. The average molecular weight is 614 g/mol. The number of hydrogen-bond acceptors (Lipinski definition) is 6. The lowest BCUT2D eigenvalue weighted by Crippen LogP contribution is -2.50. The van der Waals surface area contributed by atoms with Crippen molar-refractivity contribution in [3.63, 3.8) is 0 Å². The van der Waals surface area contributed by atoms with Crippen LogP contribution in [0.2, 0.25) is 5.02 Å². The SMILES string of the molecule is O=C(O)C1CCCCC1C(=O)N1CCc2c(Cl)ccc(OCc3nnc4ccccn34)c2C1CN1Cc2ccccc2C1=O. The molecular formula is C33H32ClN5O5. The van der Waals surface area contributed by atoms with Crippen molar-refractivity contribution < 1.29 is 24.2 Å². The van der Waals surface area contributed by atoms with Gasteiger partial charge in [-0.2, -0.15) is 0 Å². The highest BCUT2D eigenvalue weighted by Crippen LogP contribution is 2.43. The third-order valence-electron chi connectivity index (χ3n) is 9.29. The fraction of sp³-hybridized carbons (Fsp3) is 0.364. The quantitative estimate of drug-likeness (QED) is 0.314. The van der Waals surface area contributed by atoms with Crippen LogP contribution in [0.4, 0.5) is 0 Å². The van der Waals surface area contributed by atoms with E-state index in [1.807, 2.05) is 53.1 Å². The molecular weight excluding hydrogens is 582 g/mol. The van der Waals surface area contributed by atoms with Crippen LogP contribution in [0.15, 0.2) is 60.8 Å². The van der Waals surface area contributed by atoms with Crippen molar-refractivity contribution in [1.82, 2.24) is 24.4 Å². The number of benzene rings is 2. The summed E-state index contributed by atoms with van der Waals surface area (Å²) in [6.45, 7) is 1.14. The molecule has 2 aromatic carbocycles. The van der Waals surface area contributed by atoms with Gasteiger partial charge in [0.25, 0.3) is 5.91 Å². The molecule has 10 nitrogen and oxygen atoms in total. The summed E-state index contributed by atoms with van der Waals surface area (Å²) in [7, 11) is 0. The molecule has 0 saturated heterocycles. The maximum absolute atomic E-state index is 14.3. The number of carbonyl (C=O) groups is 3. The van der Waals surface area contributed by atoms with Gasteiger partial charge in [0.05, 0.1) is 17.9 Å². The Morgan fingerprint density at radius 2 is 1.80 bits per heavy atom. The molecule has 226 valence electrons. The number of amides is 2. The Labute approximate surface area is 259 Å². The van der Waals surface area contributed by atoms with Gasteiger partial charge in [-0.15, -0.1) is 10.2 Å². The first-order valence-electron chi connectivity index (χ1n) is 15.0. The van der Waals surface area contributed by atoms with Gasteiger partial charge in [-0.1, -0.05) is 48.7 Å². The Morgan fingerprint density at radius 3 is 2.61 bits per heavy atom. The van der Waals surface area contributed by atoms with E-state index in [2.05, 4.69) is 10.2 Å². The summed E-state index contributed by atoms with van der Waals surface area (Å²) in [5.41, 5.74) is 3.91. The van der Waals surface area contributed by atoms with E-state index in [1.54, 1.807) is 21.9 Å². The number of fused-ring (bicyclic) bond motifs is 3. The number of carboxylic acids is 1. The monoisotopic (exact) mass is 613 g/mol. The second kappa shape index (κ2) is 11.6. The van der Waals surface area contributed by atoms with Crippen molar-refractivity contribution in [2.24, 2.45) is 11.8 Å². The van der Waals surface area contributed by atoms with Crippen LogP contribution < -0.4 is 4.74 Å². The number of rotatable bonds is 7. The van der Waals surface area contributed by atoms with E-state index in [-0.39, 0.29) is 25.0 Å². The lowest BCUT2D eigenvalue weighted by Gasteiger charge is -2.43. The number of ether oxygens (including phenoxy) is 1. The van der Waals surface area contributed by atoms with Crippen LogP contribution in [0.1, 0.15) is 64.6 Å². The Morgan fingerprint density at radius 1 is 1.00 bits per heavy atom. The van der Waals surface area contributed by atoms with Gasteiger partial charge >= 0.3 is 5.97 Å². The van der Waals surface area contributed by atoms with Crippen LogP contribution in [-0.2, 0) is 29.2 Å². The number of carboxylic acid groups (broad SMARTS) is 1. The molecule has 1 N–H and O–H groups in total. The zero-order valence-corrected chi connectivity index (χ0v) is 24.8. The lowest BCUT2D eigenvalue weighted by molar-refractivity contribution is -0.153. The maximum atomic E-state index is 14.3. The summed E-state index contributed by atoms with van der Waals surface area (Å²) in [6, 6.07) is 16.2. The molecule has 0 bridgehead atoms. The van der Waals surface area contributed by atoms with Gasteiger partial charge in [-0.05, 0) is 60.7 Å². The molecule has 1 aliphatic carbocycles. The predicted molar refractivity (Wildman–Crippen MR) is 161 cm³/mol. The van der Waals surface area contributed by atoms with E-state index in [0.717, 1.165) is 29.5 Å². The van der Waals surface area contributed by atoms with Crippen molar-refractivity contribution in [2.45, 2.75) is 51.3 Å². The molecule has 3 atom stereocenters. The molecule has 3 aliphatic rings. The van der Waals surface area contributed by atoms with Crippen LogP contribution in [0.5, 0.6) is 5.75 Å². The molecule has 4 heterocycles. The fourth-order valence-corrected chi connectivity index (χ4v) is 7.36. The number of aromatic nitrogens is 3. The Hall–Kier alpha value is -4.44. The number of aliphatic carboxylic acids is 1. The standard InChI is InChI=1S/C33H32ClN5O5/c34-25-12-13-27(44-19-29-36-35-28-11-5-6-15-39(28)29)30-24(25)14-16-38(32(41)22-9-3-4-10-23(22)33(42)43)26(30)18-37-17-20-7-1-2-8-21(20)31(37)40/h1-2,5-8,11-13,15,22-23,26H,3-4,9-10,14,16-19H2,(H,42,43). The molecule has 2 aliphatic heterocycles. The van der Waals surface area contributed by atoms with Crippen LogP contribution in [0.25, 0.3) is 5.65 Å². The van der Waals surface area contributed by atoms with Gasteiger partial charge in [0.15, 0.2) is 11.5 Å². The Bertz CT molecular complexity index is 1770. The zero-order chi connectivity index (χ0) is 30.4. The van der Waals surface area contributed by atoms with Gasteiger partial charge in [0.2, 0.25) is 5.91 Å². The normalized spacial score (nSPS) is 21.3. The van der Waals surface area contributed by atoms with Crippen LogP contribution in [0, 0.1) is 11.8 Å². The molecule has 3 unspecified atom stereocenters. The van der Waals surface area contributed by atoms with Crippen molar-refractivity contribution in [3.05, 3.63) is 93.9 Å². The summed E-state index contributed by atoms with van der Waals surface area (Å²) < 4.78 is 8.26. The molecule has 0 spiro atoms. The molecule has 44 heavy (non-hydrogen) atoms. The van der Waals surface area contributed by atoms with Gasteiger partial charge in [0.1, 0.15) is 12.4 Å². The van der Waals surface area contributed by atoms with E-state index in [9.17, 15) is 19.5 Å². The average Bonchev–Trinajstić information content (AvgIpc) is 3.61. The van der Waals surface area contributed by atoms with Gasteiger partial charge in [-0.3, -0.25) is 18.8 Å². The third kappa shape index (κ3) is 4.96. The number of carbonyl (C=O) groups excluding carboxylic acids is 2. The molecule has 4 aromatic rings. The maximum Gasteiger partial charge on any atom is 0.307 e. The predicted octanol–water partition coefficient (Wildman–Crippen LogP) is 4.93. The van der Waals surface area contributed by atoms with Gasteiger partial charge in [0, 0.05) is 42.0 Å². The highest BCUT2D eigenvalue weighted by atomic mass is 35.5. The molecule has 11 heteroatoms. The van der Waals surface area contributed by atoms with Crippen molar-refractivity contribution >= 4 is 35.0 Å². The summed E-state index contributed by atoms with van der Waals surface area (Å²) in [5, 5.41) is 19.1. The summed E-state index contributed by atoms with van der Waals surface area (Å²) in [4.78, 5) is 43.6. The van der Waals surface area contributed by atoms with Crippen LogP contribution in [0.3, 0.4) is 0 Å². The highest BCUT2D eigenvalue weighted by molar-refractivity contribution is 6.31. The Kier molecular flexibility index (Phi) is 7.45.